The Labute approximate surface area is 108 Å². The molecule has 90 valence electrons. The summed E-state index contributed by atoms with van der Waals surface area (Å²) in [7, 11) is 0. The molecule has 1 aromatic carbocycles. The first kappa shape index (κ1) is 13.9. The maximum atomic E-state index is 5.88. The summed E-state index contributed by atoms with van der Waals surface area (Å²) in [4.78, 5) is 0. The van der Waals surface area contributed by atoms with E-state index in [4.69, 9.17) is 11.6 Å². The average molecular weight is 258 g/mol. The van der Waals surface area contributed by atoms with Crippen LogP contribution in [-0.2, 0) is 0 Å². The Morgan fingerprint density at radius 1 is 1.31 bits per heavy atom. The van der Waals surface area contributed by atoms with E-state index in [9.17, 15) is 0 Å². The van der Waals surface area contributed by atoms with Crippen molar-refractivity contribution in [3.05, 3.63) is 34.9 Å². The molecule has 0 saturated heterocycles. The monoisotopic (exact) mass is 257 g/mol. The molecule has 0 saturated carbocycles. The van der Waals surface area contributed by atoms with Crippen molar-refractivity contribution in [2.24, 2.45) is 0 Å². The summed E-state index contributed by atoms with van der Waals surface area (Å²) in [6, 6.07) is 9.04. The van der Waals surface area contributed by atoms with Crippen LogP contribution in [0.2, 0.25) is 5.02 Å². The van der Waals surface area contributed by atoms with E-state index in [0.717, 1.165) is 10.8 Å². The zero-order valence-electron chi connectivity index (χ0n) is 10.2. The van der Waals surface area contributed by atoms with Gasteiger partial charge in [-0.1, -0.05) is 30.7 Å². The van der Waals surface area contributed by atoms with Gasteiger partial charge in [-0.05, 0) is 37.3 Å². The van der Waals surface area contributed by atoms with Crippen LogP contribution < -0.4 is 5.32 Å². The van der Waals surface area contributed by atoms with Gasteiger partial charge in [-0.15, -0.1) is 0 Å². The Morgan fingerprint density at radius 2 is 1.94 bits per heavy atom. The minimum atomic E-state index is 0.384. The maximum Gasteiger partial charge on any atom is 0.0406 e. The lowest BCUT2D eigenvalue weighted by molar-refractivity contribution is 0.475. The van der Waals surface area contributed by atoms with Gasteiger partial charge in [0, 0.05) is 22.9 Å². The van der Waals surface area contributed by atoms with Crippen molar-refractivity contribution in [1.82, 2.24) is 5.32 Å². The second-order valence-electron chi connectivity index (χ2n) is 4.00. The molecule has 0 radical (unpaired) electrons. The molecule has 2 unspecified atom stereocenters. The van der Waals surface area contributed by atoms with Crippen LogP contribution >= 0.6 is 23.4 Å². The molecule has 1 rings (SSSR count). The molecule has 0 aliphatic carbocycles. The molecule has 0 fully saturated rings. The summed E-state index contributed by atoms with van der Waals surface area (Å²) in [5, 5.41) is 4.44. The normalized spacial score (nSPS) is 14.8. The van der Waals surface area contributed by atoms with E-state index in [2.05, 4.69) is 37.6 Å². The third-order valence-corrected chi connectivity index (χ3v) is 3.70. The molecule has 1 nitrogen and oxygen atoms in total. The van der Waals surface area contributed by atoms with Gasteiger partial charge in [0.25, 0.3) is 0 Å². The fourth-order valence-electron chi connectivity index (χ4n) is 1.69. The number of hydrogen-bond acceptors (Lipinski definition) is 2. The molecule has 16 heavy (non-hydrogen) atoms. The van der Waals surface area contributed by atoms with E-state index in [1.54, 1.807) is 0 Å². The van der Waals surface area contributed by atoms with Crippen LogP contribution in [0.15, 0.2) is 24.3 Å². The van der Waals surface area contributed by atoms with Crippen molar-refractivity contribution in [3.63, 3.8) is 0 Å². The van der Waals surface area contributed by atoms with E-state index >= 15 is 0 Å². The van der Waals surface area contributed by atoms with Gasteiger partial charge in [0.1, 0.15) is 0 Å². The number of rotatable bonds is 6. The molecule has 1 aromatic rings. The molecular weight excluding hydrogens is 238 g/mol. The van der Waals surface area contributed by atoms with Crippen molar-refractivity contribution in [1.29, 1.82) is 0 Å². The minimum absolute atomic E-state index is 0.384. The van der Waals surface area contributed by atoms with Gasteiger partial charge in [-0.2, -0.15) is 11.8 Å². The quantitative estimate of drug-likeness (QED) is 0.822. The minimum Gasteiger partial charge on any atom is -0.307 e. The molecule has 0 aliphatic rings. The van der Waals surface area contributed by atoms with Crippen LogP contribution in [0.25, 0.3) is 0 Å². The third kappa shape index (κ3) is 4.36. The van der Waals surface area contributed by atoms with Crippen LogP contribution in [0.4, 0.5) is 0 Å². The highest BCUT2D eigenvalue weighted by Gasteiger charge is 2.10. The predicted molar refractivity (Wildman–Crippen MR) is 75.5 cm³/mol. The summed E-state index contributed by atoms with van der Waals surface area (Å²) in [6.07, 6.45) is 3.32. The van der Waals surface area contributed by atoms with Gasteiger partial charge in [0.05, 0.1) is 0 Å². The Bertz CT molecular complexity index is 299. The smallest absolute Gasteiger partial charge is 0.0406 e. The van der Waals surface area contributed by atoms with Gasteiger partial charge >= 0.3 is 0 Å². The zero-order chi connectivity index (χ0) is 12.0. The van der Waals surface area contributed by atoms with E-state index in [0.29, 0.717) is 12.1 Å². The topological polar surface area (TPSA) is 12.0 Å². The molecular formula is C13H20ClNS. The molecule has 3 heteroatoms. The van der Waals surface area contributed by atoms with Crippen molar-refractivity contribution in [2.45, 2.75) is 32.4 Å². The average Bonchev–Trinajstić information content (AvgIpc) is 2.29. The molecule has 2 atom stereocenters. The fourth-order valence-corrected chi connectivity index (χ4v) is 2.55. The highest BCUT2D eigenvalue weighted by molar-refractivity contribution is 7.98. The number of nitrogens with one attached hydrogen (secondary N) is 1. The highest BCUT2D eigenvalue weighted by Crippen LogP contribution is 2.17. The van der Waals surface area contributed by atoms with Crippen molar-refractivity contribution < 1.29 is 0 Å². The zero-order valence-corrected chi connectivity index (χ0v) is 11.7. The van der Waals surface area contributed by atoms with Gasteiger partial charge in [0.2, 0.25) is 0 Å². The van der Waals surface area contributed by atoms with E-state index in [1.165, 1.54) is 12.0 Å². The first-order valence-corrected chi connectivity index (χ1v) is 7.45. The van der Waals surface area contributed by atoms with Crippen molar-refractivity contribution >= 4 is 23.4 Å². The molecule has 0 aromatic heterocycles. The van der Waals surface area contributed by atoms with Gasteiger partial charge in [-0.25, -0.2) is 0 Å². The second-order valence-corrected chi connectivity index (χ2v) is 5.35. The van der Waals surface area contributed by atoms with Crippen molar-refractivity contribution in [3.8, 4) is 0 Å². The van der Waals surface area contributed by atoms with Crippen LogP contribution in [0.5, 0.6) is 0 Å². The van der Waals surface area contributed by atoms with Crippen molar-refractivity contribution in [2.75, 3.05) is 12.0 Å². The summed E-state index contributed by atoms with van der Waals surface area (Å²) in [5.41, 5.74) is 1.30. The second kappa shape index (κ2) is 7.21. The fraction of sp³-hybridized carbons (Fsp3) is 0.538. The van der Waals surface area contributed by atoms with Crippen LogP contribution in [0.1, 0.15) is 31.9 Å². The van der Waals surface area contributed by atoms with E-state index in [-0.39, 0.29) is 0 Å². The lowest BCUT2D eigenvalue weighted by Crippen LogP contribution is -2.32. The molecule has 0 aliphatic heterocycles. The summed E-state index contributed by atoms with van der Waals surface area (Å²) in [6.45, 7) is 4.43. The van der Waals surface area contributed by atoms with Gasteiger partial charge < -0.3 is 5.32 Å². The SMILES string of the molecule is CCC(CSC)NC(C)c1ccc(Cl)cc1. The summed E-state index contributed by atoms with van der Waals surface area (Å²) in [5.74, 6) is 1.16. The van der Waals surface area contributed by atoms with Crippen LogP contribution in [-0.4, -0.2) is 18.1 Å². The number of hydrogen-bond donors (Lipinski definition) is 1. The Hall–Kier alpha value is -0.180. The highest BCUT2D eigenvalue weighted by atomic mass is 35.5. The molecule has 0 amide bonds. The lowest BCUT2D eigenvalue weighted by Gasteiger charge is -2.22. The van der Waals surface area contributed by atoms with Gasteiger partial charge in [0.15, 0.2) is 0 Å². The lowest BCUT2D eigenvalue weighted by atomic mass is 10.1. The molecule has 1 N–H and O–H groups in total. The molecule has 0 heterocycles. The summed E-state index contributed by atoms with van der Waals surface area (Å²) < 4.78 is 0. The van der Waals surface area contributed by atoms with Crippen LogP contribution in [0, 0.1) is 0 Å². The van der Waals surface area contributed by atoms with Crippen LogP contribution in [0.3, 0.4) is 0 Å². The van der Waals surface area contributed by atoms with E-state index < -0.39 is 0 Å². The number of benzene rings is 1. The first-order valence-electron chi connectivity index (χ1n) is 5.67. The first-order chi connectivity index (χ1) is 7.67. The standard InChI is InChI=1S/C13H20ClNS/c1-4-13(9-16-3)15-10(2)11-5-7-12(14)8-6-11/h5-8,10,13,15H,4,9H2,1-3H3. The molecule has 0 bridgehead atoms. The Balaban J connectivity index is 2.56. The summed E-state index contributed by atoms with van der Waals surface area (Å²) >= 11 is 7.77. The van der Waals surface area contributed by atoms with Gasteiger partial charge in [-0.3, -0.25) is 0 Å². The number of halogens is 1. The van der Waals surface area contributed by atoms with E-state index in [1.807, 2.05) is 23.9 Å². The molecule has 0 spiro atoms. The predicted octanol–water partition coefficient (Wildman–Crippen LogP) is 4.13. The maximum absolute atomic E-state index is 5.88. The third-order valence-electron chi connectivity index (χ3n) is 2.72. The Morgan fingerprint density at radius 3 is 2.44 bits per heavy atom. The Kier molecular flexibility index (Phi) is 6.25. The number of thioether (sulfide) groups is 1. The largest absolute Gasteiger partial charge is 0.307 e.